The Kier molecular flexibility index (Phi) is 7.92. The van der Waals surface area contributed by atoms with E-state index in [1.54, 1.807) is 45.2 Å². The van der Waals surface area contributed by atoms with Gasteiger partial charge in [0.05, 0.1) is 31.0 Å². The first kappa shape index (κ1) is 25.6. The molecule has 0 atom stereocenters. The van der Waals surface area contributed by atoms with Crippen molar-refractivity contribution < 1.29 is 28.0 Å². The highest BCUT2D eigenvalue weighted by molar-refractivity contribution is 6.00. The van der Waals surface area contributed by atoms with Gasteiger partial charge >= 0.3 is 12.1 Å². The van der Waals surface area contributed by atoms with Gasteiger partial charge in [-0.05, 0) is 50.6 Å². The van der Waals surface area contributed by atoms with Gasteiger partial charge in [0, 0.05) is 17.3 Å². The molecule has 0 N–H and O–H groups in total. The highest BCUT2D eigenvalue weighted by atomic mass is 19.1. The molecule has 0 unspecified atom stereocenters. The number of esters is 1. The number of benzene rings is 2. The van der Waals surface area contributed by atoms with Crippen LogP contribution in [0, 0.1) is 12.7 Å². The molecule has 8 nitrogen and oxygen atoms in total. The summed E-state index contributed by atoms with van der Waals surface area (Å²) in [4.78, 5) is 30.3. The van der Waals surface area contributed by atoms with Crippen molar-refractivity contribution in [1.82, 2.24) is 10.1 Å². The van der Waals surface area contributed by atoms with E-state index < -0.39 is 11.9 Å². The van der Waals surface area contributed by atoms with Gasteiger partial charge in [-0.15, -0.1) is 0 Å². The number of nitrogens with zero attached hydrogens (tertiary/aromatic N) is 3. The van der Waals surface area contributed by atoms with Crippen molar-refractivity contribution in [2.45, 2.75) is 27.2 Å². The Balaban J connectivity index is 1.65. The minimum Gasteiger partial charge on any atom is -0.466 e. The summed E-state index contributed by atoms with van der Waals surface area (Å²) in [5.41, 5.74) is 3.56. The molecule has 0 aliphatic heterocycles. The normalized spacial score (nSPS) is 10.7. The third-order valence-electron chi connectivity index (χ3n) is 5.54. The van der Waals surface area contributed by atoms with Gasteiger partial charge in [0.1, 0.15) is 17.2 Å². The first-order valence-electron chi connectivity index (χ1n) is 11.8. The molecule has 2 heterocycles. The van der Waals surface area contributed by atoms with Crippen LogP contribution in [0.4, 0.5) is 20.6 Å². The second kappa shape index (κ2) is 11.5. The number of carbonyl (C=O) groups excluding carboxylic acids is 2. The second-order valence-corrected chi connectivity index (χ2v) is 8.03. The summed E-state index contributed by atoms with van der Waals surface area (Å²) in [7, 11) is 0. The number of pyridine rings is 1. The van der Waals surface area contributed by atoms with Crippen LogP contribution >= 0.6 is 0 Å². The molecule has 0 saturated heterocycles. The number of halogens is 1. The highest BCUT2D eigenvalue weighted by Crippen LogP contribution is 2.39. The molecule has 0 aliphatic rings. The molecule has 0 spiro atoms. The number of hydrogen-bond donors (Lipinski definition) is 0. The van der Waals surface area contributed by atoms with Crippen LogP contribution in [0.15, 0.2) is 71.4 Å². The summed E-state index contributed by atoms with van der Waals surface area (Å²) in [5.74, 6) is -0.557. The van der Waals surface area contributed by atoms with Crippen molar-refractivity contribution in [3.63, 3.8) is 0 Å². The number of rotatable bonds is 8. The van der Waals surface area contributed by atoms with Crippen LogP contribution in [0.5, 0.6) is 0 Å². The van der Waals surface area contributed by atoms with Crippen molar-refractivity contribution in [3.05, 3.63) is 84.0 Å². The van der Waals surface area contributed by atoms with Gasteiger partial charge < -0.3 is 14.0 Å². The zero-order valence-electron chi connectivity index (χ0n) is 20.7. The number of aromatic nitrogens is 2. The predicted octanol–water partition coefficient (Wildman–Crippen LogP) is 6.25. The number of hydrogen-bond acceptors (Lipinski definition) is 7. The molecule has 4 rings (SSSR count). The maximum atomic E-state index is 14.7. The largest absolute Gasteiger partial charge is 0.466 e. The number of anilines is 2. The van der Waals surface area contributed by atoms with Crippen molar-refractivity contribution in [2.24, 2.45) is 0 Å². The lowest BCUT2D eigenvalue weighted by Gasteiger charge is -2.22. The summed E-state index contributed by atoms with van der Waals surface area (Å²) >= 11 is 0. The first-order valence-corrected chi connectivity index (χ1v) is 11.8. The van der Waals surface area contributed by atoms with E-state index in [1.807, 2.05) is 24.3 Å². The summed E-state index contributed by atoms with van der Waals surface area (Å²) < 4.78 is 30.3. The molecule has 4 aromatic rings. The monoisotopic (exact) mass is 503 g/mol. The van der Waals surface area contributed by atoms with Crippen LogP contribution in [0.3, 0.4) is 0 Å². The molecule has 0 bridgehead atoms. The Morgan fingerprint density at radius 2 is 1.65 bits per heavy atom. The van der Waals surface area contributed by atoms with Crippen LogP contribution < -0.4 is 4.90 Å². The minimum absolute atomic E-state index is 0.0148. The average molecular weight is 504 g/mol. The standard InChI is InChI=1S/C28H26FN3O5/c1-4-35-25(33)16-19-10-12-20(13-11-19)23-15-14-21(17-30-23)26-27(18(3)37-31-26)32(28(34)36-5-2)24-9-7-6-8-22(24)29/h6-15,17H,4-5,16H2,1-3H3. The maximum Gasteiger partial charge on any atom is 0.419 e. The van der Waals surface area contributed by atoms with E-state index in [0.29, 0.717) is 29.3 Å². The third-order valence-corrected chi connectivity index (χ3v) is 5.54. The predicted molar refractivity (Wildman–Crippen MR) is 136 cm³/mol. The van der Waals surface area contributed by atoms with Crippen LogP contribution in [0.2, 0.25) is 0 Å². The molecule has 0 radical (unpaired) electrons. The Morgan fingerprint density at radius 1 is 0.946 bits per heavy atom. The van der Waals surface area contributed by atoms with E-state index in [4.69, 9.17) is 14.0 Å². The lowest BCUT2D eigenvalue weighted by Crippen LogP contribution is -2.28. The van der Waals surface area contributed by atoms with E-state index in [0.717, 1.165) is 16.0 Å². The molecule has 1 amide bonds. The van der Waals surface area contributed by atoms with Crippen LogP contribution in [0.25, 0.3) is 22.5 Å². The van der Waals surface area contributed by atoms with Crippen LogP contribution in [-0.2, 0) is 20.7 Å². The van der Waals surface area contributed by atoms with Gasteiger partial charge in [-0.2, -0.15) is 0 Å². The van der Waals surface area contributed by atoms with Gasteiger partial charge in [-0.25, -0.2) is 14.1 Å². The number of para-hydroxylation sites is 1. The van der Waals surface area contributed by atoms with Gasteiger partial charge in [-0.1, -0.05) is 41.6 Å². The smallest absolute Gasteiger partial charge is 0.419 e. The fourth-order valence-corrected chi connectivity index (χ4v) is 3.83. The Bertz CT molecular complexity index is 1380. The van der Waals surface area contributed by atoms with Gasteiger partial charge in [0.15, 0.2) is 5.76 Å². The summed E-state index contributed by atoms with van der Waals surface area (Å²) in [6.45, 7) is 5.54. The van der Waals surface area contributed by atoms with Gasteiger partial charge in [-0.3, -0.25) is 9.78 Å². The zero-order valence-corrected chi connectivity index (χ0v) is 20.7. The van der Waals surface area contributed by atoms with Crippen molar-refractivity contribution >= 4 is 23.4 Å². The van der Waals surface area contributed by atoms with Gasteiger partial charge in [0.2, 0.25) is 0 Å². The Labute approximate surface area is 213 Å². The molecule has 37 heavy (non-hydrogen) atoms. The van der Waals surface area contributed by atoms with Crippen molar-refractivity contribution in [3.8, 4) is 22.5 Å². The minimum atomic E-state index is -0.757. The number of aryl methyl sites for hydroxylation is 1. The maximum absolute atomic E-state index is 14.7. The molecule has 0 aliphatic carbocycles. The van der Waals surface area contributed by atoms with E-state index in [9.17, 15) is 14.0 Å². The van der Waals surface area contributed by atoms with E-state index in [2.05, 4.69) is 10.1 Å². The summed E-state index contributed by atoms with van der Waals surface area (Å²) in [6.07, 6.45) is 1.05. The molecule has 0 fully saturated rings. The number of carbonyl (C=O) groups is 2. The van der Waals surface area contributed by atoms with E-state index in [1.165, 1.54) is 18.2 Å². The van der Waals surface area contributed by atoms with Crippen LogP contribution in [0.1, 0.15) is 25.2 Å². The summed E-state index contributed by atoms with van der Waals surface area (Å²) in [5, 5.41) is 4.13. The molecular formula is C28H26FN3O5. The lowest BCUT2D eigenvalue weighted by atomic mass is 10.1. The molecular weight excluding hydrogens is 477 g/mol. The molecule has 2 aromatic carbocycles. The quantitative estimate of drug-likeness (QED) is 0.262. The fourth-order valence-electron chi connectivity index (χ4n) is 3.83. The topological polar surface area (TPSA) is 94.8 Å². The fraction of sp³-hybridized carbons (Fsp3) is 0.214. The Morgan fingerprint density at radius 3 is 2.30 bits per heavy atom. The van der Waals surface area contributed by atoms with Crippen molar-refractivity contribution in [1.29, 1.82) is 0 Å². The SMILES string of the molecule is CCOC(=O)Cc1ccc(-c2ccc(-c3noc(C)c3N(C(=O)OCC)c3ccccc3F)cn2)cc1. The lowest BCUT2D eigenvalue weighted by molar-refractivity contribution is -0.142. The highest BCUT2D eigenvalue weighted by Gasteiger charge is 2.30. The van der Waals surface area contributed by atoms with E-state index in [-0.39, 0.29) is 30.4 Å². The summed E-state index contributed by atoms with van der Waals surface area (Å²) in [6, 6.07) is 17.0. The zero-order chi connectivity index (χ0) is 26.4. The molecule has 2 aromatic heterocycles. The Hall–Kier alpha value is -4.53. The third kappa shape index (κ3) is 5.66. The van der Waals surface area contributed by atoms with Gasteiger partial charge in [0.25, 0.3) is 0 Å². The first-order chi connectivity index (χ1) is 17.9. The van der Waals surface area contributed by atoms with E-state index >= 15 is 0 Å². The number of ether oxygens (including phenoxy) is 2. The van der Waals surface area contributed by atoms with Crippen LogP contribution in [-0.4, -0.2) is 35.4 Å². The van der Waals surface area contributed by atoms with Crippen molar-refractivity contribution in [2.75, 3.05) is 18.1 Å². The molecule has 9 heteroatoms. The molecule has 190 valence electrons. The number of amides is 1. The average Bonchev–Trinajstić information content (AvgIpc) is 3.27. The molecule has 0 saturated carbocycles. The second-order valence-electron chi connectivity index (χ2n) is 8.03.